The van der Waals surface area contributed by atoms with Crippen molar-refractivity contribution in [2.45, 2.75) is 6.92 Å². The van der Waals surface area contributed by atoms with Crippen LogP contribution < -0.4 is 10.5 Å². The van der Waals surface area contributed by atoms with E-state index in [4.69, 9.17) is 10.5 Å². The number of ether oxygens (including phenoxy) is 1. The largest absolute Gasteiger partial charge is 0.494 e. The Kier molecular flexibility index (Phi) is 3.27. The van der Waals surface area contributed by atoms with Crippen molar-refractivity contribution in [1.82, 2.24) is 20.2 Å². The maximum atomic E-state index is 5.83. The van der Waals surface area contributed by atoms with Gasteiger partial charge in [0.25, 0.3) is 0 Å². The van der Waals surface area contributed by atoms with E-state index in [0.29, 0.717) is 17.3 Å². The first-order valence-corrected chi connectivity index (χ1v) is 6.48. The lowest BCUT2D eigenvalue weighted by atomic mass is 10.1. The van der Waals surface area contributed by atoms with Crippen molar-refractivity contribution in [1.29, 1.82) is 0 Å². The molecule has 1 aromatic heterocycles. The van der Waals surface area contributed by atoms with Crippen LogP contribution in [-0.2, 0) is 0 Å². The van der Waals surface area contributed by atoms with E-state index in [1.165, 1.54) is 0 Å². The highest BCUT2D eigenvalue weighted by atomic mass is 16.5. The van der Waals surface area contributed by atoms with Crippen LogP contribution in [0.3, 0.4) is 0 Å². The molecule has 0 bridgehead atoms. The molecule has 0 amide bonds. The van der Waals surface area contributed by atoms with Gasteiger partial charge >= 0.3 is 0 Å². The van der Waals surface area contributed by atoms with Crippen molar-refractivity contribution in [2.75, 3.05) is 12.8 Å². The molecule has 3 aromatic rings. The fourth-order valence-corrected chi connectivity index (χ4v) is 2.17. The first kappa shape index (κ1) is 13.1. The number of aromatic nitrogens is 4. The molecule has 0 spiro atoms. The molecule has 0 saturated heterocycles. The average Bonchev–Trinajstić information content (AvgIpc) is 2.96. The molecule has 0 radical (unpaired) electrons. The van der Waals surface area contributed by atoms with E-state index in [2.05, 4.69) is 15.5 Å². The summed E-state index contributed by atoms with van der Waals surface area (Å²) < 4.78 is 7.05. The van der Waals surface area contributed by atoms with Crippen LogP contribution in [0.2, 0.25) is 0 Å². The van der Waals surface area contributed by atoms with Crippen molar-refractivity contribution < 1.29 is 4.74 Å². The van der Waals surface area contributed by atoms with Gasteiger partial charge in [0.15, 0.2) is 5.82 Å². The number of hydrogen-bond donors (Lipinski definition) is 1. The summed E-state index contributed by atoms with van der Waals surface area (Å²) in [5, 5.41) is 12.0. The van der Waals surface area contributed by atoms with Crippen LogP contribution in [0.1, 0.15) is 5.56 Å². The number of benzene rings is 2. The minimum Gasteiger partial charge on any atom is -0.494 e. The summed E-state index contributed by atoms with van der Waals surface area (Å²) >= 11 is 0. The Balaban J connectivity index is 2.18. The highest BCUT2D eigenvalue weighted by Crippen LogP contribution is 2.27. The topological polar surface area (TPSA) is 78.8 Å². The number of rotatable bonds is 3. The highest BCUT2D eigenvalue weighted by Gasteiger charge is 2.14. The molecule has 106 valence electrons. The fourth-order valence-electron chi connectivity index (χ4n) is 2.17. The van der Waals surface area contributed by atoms with E-state index >= 15 is 0 Å². The molecule has 0 fully saturated rings. The molecule has 2 aromatic carbocycles. The summed E-state index contributed by atoms with van der Waals surface area (Å²) in [7, 11) is 1.62. The van der Waals surface area contributed by atoms with Gasteiger partial charge in [0.05, 0.1) is 7.11 Å². The second kappa shape index (κ2) is 5.24. The monoisotopic (exact) mass is 281 g/mol. The molecule has 0 unspecified atom stereocenters. The van der Waals surface area contributed by atoms with Crippen LogP contribution >= 0.6 is 0 Å². The summed E-state index contributed by atoms with van der Waals surface area (Å²) in [5.41, 5.74) is 9.24. The number of nitrogen functional groups attached to an aromatic ring is 1. The van der Waals surface area contributed by atoms with Crippen molar-refractivity contribution >= 4 is 5.69 Å². The molecule has 3 rings (SSSR count). The van der Waals surface area contributed by atoms with E-state index in [-0.39, 0.29) is 0 Å². The Morgan fingerprint density at radius 1 is 1.14 bits per heavy atom. The predicted molar refractivity (Wildman–Crippen MR) is 80.3 cm³/mol. The van der Waals surface area contributed by atoms with Crippen molar-refractivity contribution in [3.63, 3.8) is 0 Å². The van der Waals surface area contributed by atoms with Crippen molar-refractivity contribution in [3.8, 4) is 22.8 Å². The van der Waals surface area contributed by atoms with Crippen LogP contribution in [0.4, 0.5) is 5.69 Å². The molecule has 21 heavy (non-hydrogen) atoms. The minimum absolute atomic E-state index is 0.617. The zero-order valence-corrected chi connectivity index (χ0v) is 11.8. The lowest BCUT2D eigenvalue weighted by Crippen LogP contribution is -2.03. The molecular weight excluding hydrogens is 266 g/mol. The quantitative estimate of drug-likeness (QED) is 0.745. The third-order valence-electron chi connectivity index (χ3n) is 3.18. The molecule has 0 aliphatic carbocycles. The Morgan fingerprint density at radius 3 is 2.76 bits per heavy atom. The molecule has 0 aliphatic rings. The van der Waals surface area contributed by atoms with Crippen LogP contribution in [0.15, 0.2) is 42.5 Å². The Hall–Kier alpha value is -2.89. The van der Waals surface area contributed by atoms with Gasteiger partial charge in [-0.05, 0) is 47.2 Å². The summed E-state index contributed by atoms with van der Waals surface area (Å²) in [5.74, 6) is 1.32. The fraction of sp³-hybridized carbons (Fsp3) is 0.133. The van der Waals surface area contributed by atoms with Crippen LogP contribution in [0.5, 0.6) is 5.75 Å². The Labute approximate surface area is 122 Å². The first-order valence-electron chi connectivity index (χ1n) is 6.48. The van der Waals surface area contributed by atoms with Crippen molar-refractivity contribution in [2.24, 2.45) is 0 Å². The maximum Gasteiger partial charge on any atom is 0.187 e. The summed E-state index contributed by atoms with van der Waals surface area (Å²) in [6, 6.07) is 13.3. The third-order valence-corrected chi connectivity index (χ3v) is 3.18. The number of methoxy groups -OCH3 is 1. The number of hydrogen-bond acceptors (Lipinski definition) is 5. The average molecular weight is 281 g/mol. The van der Waals surface area contributed by atoms with Gasteiger partial charge in [-0.3, -0.25) is 0 Å². The minimum atomic E-state index is 0.617. The standard InChI is InChI=1S/C15H15N5O/c1-10-6-7-14(21-2)13(8-10)20-15(17-18-19-20)11-4-3-5-12(16)9-11/h3-9H,16H2,1-2H3. The smallest absolute Gasteiger partial charge is 0.187 e. The highest BCUT2D eigenvalue weighted by molar-refractivity contribution is 5.63. The second-order valence-corrected chi connectivity index (χ2v) is 4.72. The number of anilines is 1. The van der Waals surface area contributed by atoms with Gasteiger partial charge in [-0.15, -0.1) is 5.10 Å². The van der Waals surface area contributed by atoms with Gasteiger partial charge < -0.3 is 10.5 Å². The van der Waals surface area contributed by atoms with Crippen molar-refractivity contribution in [3.05, 3.63) is 48.0 Å². The number of tetrazole rings is 1. The predicted octanol–water partition coefficient (Wildman–Crippen LogP) is 2.23. The van der Waals surface area contributed by atoms with Gasteiger partial charge in [-0.25, -0.2) is 0 Å². The molecule has 0 saturated carbocycles. The molecular formula is C15H15N5O. The third kappa shape index (κ3) is 2.43. The molecule has 6 nitrogen and oxygen atoms in total. The summed E-state index contributed by atoms with van der Waals surface area (Å²) in [6.45, 7) is 2.01. The number of nitrogens with two attached hydrogens (primary N) is 1. The molecule has 1 heterocycles. The van der Waals surface area contributed by atoms with Gasteiger partial charge in [0.2, 0.25) is 0 Å². The van der Waals surface area contributed by atoms with Gasteiger partial charge in [0, 0.05) is 11.3 Å². The van der Waals surface area contributed by atoms with E-state index in [9.17, 15) is 0 Å². The van der Waals surface area contributed by atoms with E-state index in [0.717, 1.165) is 16.8 Å². The molecule has 2 N–H and O–H groups in total. The first-order chi connectivity index (χ1) is 10.2. The molecule has 0 aliphatic heterocycles. The molecule has 0 atom stereocenters. The lowest BCUT2D eigenvalue weighted by molar-refractivity contribution is 0.411. The van der Waals surface area contributed by atoms with Gasteiger partial charge in [0.1, 0.15) is 11.4 Å². The van der Waals surface area contributed by atoms with Gasteiger partial charge in [-0.1, -0.05) is 18.2 Å². The maximum absolute atomic E-state index is 5.83. The lowest BCUT2D eigenvalue weighted by Gasteiger charge is -2.10. The van der Waals surface area contributed by atoms with E-state index < -0.39 is 0 Å². The Bertz CT molecular complexity index is 781. The van der Waals surface area contributed by atoms with Crippen LogP contribution in [0, 0.1) is 6.92 Å². The second-order valence-electron chi connectivity index (χ2n) is 4.72. The SMILES string of the molecule is COc1ccc(C)cc1-n1nnnc1-c1cccc(N)c1. The van der Waals surface area contributed by atoms with E-state index in [1.807, 2.05) is 49.4 Å². The zero-order valence-electron chi connectivity index (χ0n) is 11.8. The summed E-state index contributed by atoms with van der Waals surface area (Å²) in [6.07, 6.45) is 0. The molecule has 6 heteroatoms. The number of nitrogens with zero attached hydrogens (tertiary/aromatic N) is 4. The van der Waals surface area contributed by atoms with E-state index in [1.54, 1.807) is 11.8 Å². The number of aryl methyl sites for hydroxylation is 1. The van der Waals surface area contributed by atoms with Crippen LogP contribution in [-0.4, -0.2) is 27.3 Å². The zero-order chi connectivity index (χ0) is 14.8. The van der Waals surface area contributed by atoms with Gasteiger partial charge in [-0.2, -0.15) is 4.68 Å². The summed E-state index contributed by atoms with van der Waals surface area (Å²) in [4.78, 5) is 0. The van der Waals surface area contributed by atoms with Crippen LogP contribution in [0.25, 0.3) is 17.1 Å². The Morgan fingerprint density at radius 2 is 2.00 bits per heavy atom. The normalized spacial score (nSPS) is 10.6.